The predicted octanol–water partition coefficient (Wildman–Crippen LogP) is 1.09. The van der Waals surface area contributed by atoms with Gasteiger partial charge in [-0.3, -0.25) is 10.00 Å². The number of aromatic nitrogens is 2. The molecule has 2 atom stereocenters. The Morgan fingerprint density at radius 2 is 2.31 bits per heavy atom. The van der Waals surface area contributed by atoms with Crippen LogP contribution in [-0.2, 0) is 7.05 Å². The monoisotopic (exact) mass is 177 g/mol. The summed E-state index contributed by atoms with van der Waals surface area (Å²) in [6, 6.07) is 0.343. The average Bonchev–Trinajstić information content (AvgIpc) is 2.51. The van der Waals surface area contributed by atoms with E-state index < -0.39 is 0 Å². The molecule has 70 valence electrons. The summed E-state index contributed by atoms with van der Waals surface area (Å²) in [5.74, 6) is 2.63. The van der Waals surface area contributed by atoms with Crippen molar-refractivity contribution in [1.29, 1.82) is 0 Å². The summed E-state index contributed by atoms with van der Waals surface area (Å²) in [4.78, 5) is 0. The molecular formula is C10H15N3. The molecule has 0 fully saturated rings. The lowest BCUT2D eigenvalue weighted by Gasteiger charge is -2.14. The van der Waals surface area contributed by atoms with E-state index in [1.807, 2.05) is 26.4 Å². The summed E-state index contributed by atoms with van der Waals surface area (Å²) >= 11 is 0. The molecule has 1 heterocycles. The van der Waals surface area contributed by atoms with Crippen LogP contribution in [0.25, 0.3) is 0 Å². The van der Waals surface area contributed by atoms with Crippen molar-refractivity contribution in [1.82, 2.24) is 15.1 Å². The first-order valence-corrected chi connectivity index (χ1v) is 4.34. The third-order valence-corrected chi connectivity index (χ3v) is 1.97. The van der Waals surface area contributed by atoms with E-state index in [9.17, 15) is 0 Å². The summed E-state index contributed by atoms with van der Waals surface area (Å²) in [5.41, 5.74) is 1.16. The van der Waals surface area contributed by atoms with Gasteiger partial charge in [-0.1, -0.05) is 5.92 Å². The van der Waals surface area contributed by atoms with Gasteiger partial charge in [-0.25, -0.2) is 0 Å². The SMILES string of the molecule is C#CC(C)NC(C)c1cnn(C)c1. The van der Waals surface area contributed by atoms with Crippen LogP contribution in [0.4, 0.5) is 0 Å². The van der Waals surface area contributed by atoms with E-state index in [0.717, 1.165) is 5.56 Å². The first-order valence-electron chi connectivity index (χ1n) is 4.34. The molecule has 1 aromatic rings. The van der Waals surface area contributed by atoms with Gasteiger partial charge in [0, 0.05) is 24.8 Å². The third-order valence-electron chi connectivity index (χ3n) is 1.97. The fraction of sp³-hybridized carbons (Fsp3) is 0.500. The molecule has 1 aromatic heterocycles. The van der Waals surface area contributed by atoms with Crippen molar-refractivity contribution in [3.05, 3.63) is 18.0 Å². The summed E-state index contributed by atoms with van der Waals surface area (Å²) < 4.78 is 1.79. The zero-order valence-corrected chi connectivity index (χ0v) is 8.28. The van der Waals surface area contributed by atoms with Crippen LogP contribution in [0.5, 0.6) is 0 Å². The number of hydrogen-bond acceptors (Lipinski definition) is 2. The van der Waals surface area contributed by atoms with E-state index in [1.54, 1.807) is 4.68 Å². The fourth-order valence-corrected chi connectivity index (χ4v) is 1.18. The summed E-state index contributed by atoms with van der Waals surface area (Å²) in [6.07, 6.45) is 9.11. The predicted molar refractivity (Wildman–Crippen MR) is 53.1 cm³/mol. The molecule has 0 amide bonds. The quantitative estimate of drug-likeness (QED) is 0.700. The van der Waals surface area contributed by atoms with E-state index >= 15 is 0 Å². The molecule has 0 aliphatic rings. The van der Waals surface area contributed by atoms with Gasteiger partial charge >= 0.3 is 0 Å². The van der Waals surface area contributed by atoms with Gasteiger partial charge in [0.15, 0.2) is 0 Å². The van der Waals surface area contributed by atoms with Crippen LogP contribution in [0.3, 0.4) is 0 Å². The molecule has 2 unspecified atom stereocenters. The zero-order valence-electron chi connectivity index (χ0n) is 8.28. The average molecular weight is 177 g/mol. The van der Waals surface area contributed by atoms with Crippen LogP contribution in [0.2, 0.25) is 0 Å². The molecule has 0 aliphatic heterocycles. The van der Waals surface area contributed by atoms with Gasteiger partial charge in [-0.2, -0.15) is 5.10 Å². The minimum absolute atomic E-state index is 0.0928. The lowest BCUT2D eigenvalue weighted by Crippen LogP contribution is -2.27. The van der Waals surface area contributed by atoms with Crippen molar-refractivity contribution in [3.63, 3.8) is 0 Å². The summed E-state index contributed by atoms with van der Waals surface area (Å²) in [7, 11) is 1.90. The number of nitrogens with zero attached hydrogens (tertiary/aromatic N) is 2. The van der Waals surface area contributed by atoms with Gasteiger partial charge in [0.2, 0.25) is 0 Å². The lowest BCUT2D eigenvalue weighted by atomic mass is 10.1. The Balaban J connectivity index is 2.59. The normalized spacial score (nSPS) is 14.9. The Morgan fingerprint density at radius 3 is 2.77 bits per heavy atom. The van der Waals surface area contributed by atoms with Crippen LogP contribution >= 0.6 is 0 Å². The van der Waals surface area contributed by atoms with Crippen molar-refractivity contribution < 1.29 is 0 Å². The molecule has 0 saturated heterocycles. The maximum atomic E-state index is 5.27. The van der Waals surface area contributed by atoms with Crippen LogP contribution in [0.1, 0.15) is 25.5 Å². The fourth-order valence-electron chi connectivity index (χ4n) is 1.18. The molecule has 0 spiro atoms. The van der Waals surface area contributed by atoms with Crippen LogP contribution in [0.15, 0.2) is 12.4 Å². The second-order valence-electron chi connectivity index (χ2n) is 3.22. The molecule has 0 bridgehead atoms. The highest BCUT2D eigenvalue weighted by molar-refractivity contribution is 5.10. The Hall–Kier alpha value is -1.27. The number of terminal acetylenes is 1. The lowest BCUT2D eigenvalue weighted by molar-refractivity contribution is 0.546. The maximum absolute atomic E-state index is 5.27. The minimum Gasteiger partial charge on any atom is -0.297 e. The Bertz CT molecular complexity index is 308. The highest BCUT2D eigenvalue weighted by atomic mass is 15.2. The smallest absolute Gasteiger partial charge is 0.0662 e. The summed E-state index contributed by atoms with van der Waals surface area (Å²) in [6.45, 7) is 4.04. The Morgan fingerprint density at radius 1 is 1.62 bits per heavy atom. The zero-order chi connectivity index (χ0) is 9.84. The number of hydrogen-bond donors (Lipinski definition) is 1. The molecule has 1 rings (SSSR count). The van der Waals surface area contributed by atoms with Crippen molar-refractivity contribution in [2.75, 3.05) is 0 Å². The highest BCUT2D eigenvalue weighted by Crippen LogP contribution is 2.10. The van der Waals surface area contributed by atoms with E-state index in [-0.39, 0.29) is 12.1 Å². The maximum Gasteiger partial charge on any atom is 0.0662 e. The molecule has 1 N–H and O–H groups in total. The molecule has 0 saturated carbocycles. The molecule has 3 heteroatoms. The second kappa shape index (κ2) is 4.11. The Labute approximate surface area is 79.1 Å². The van der Waals surface area contributed by atoms with Crippen molar-refractivity contribution >= 4 is 0 Å². The van der Waals surface area contributed by atoms with Crippen molar-refractivity contribution in [2.24, 2.45) is 7.05 Å². The van der Waals surface area contributed by atoms with Crippen LogP contribution in [-0.4, -0.2) is 15.8 Å². The van der Waals surface area contributed by atoms with Crippen molar-refractivity contribution in [3.8, 4) is 12.3 Å². The van der Waals surface area contributed by atoms with Gasteiger partial charge in [0.1, 0.15) is 0 Å². The number of nitrogens with one attached hydrogen (secondary N) is 1. The van der Waals surface area contributed by atoms with E-state index in [1.165, 1.54) is 0 Å². The highest BCUT2D eigenvalue weighted by Gasteiger charge is 2.08. The van der Waals surface area contributed by atoms with Gasteiger partial charge < -0.3 is 0 Å². The molecule has 3 nitrogen and oxygen atoms in total. The van der Waals surface area contributed by atoms with Gasteiger partial charge in [0.25, 0.3) is 0 Å². The van der Waals surface area contributed by atoms with Gasteiger partial charge in [-0.15, -0.1) is 6.42 Å². The van der Waals surface area contributed by atoms with E-state index in [4.69, 9.17) is 6.42 Å². The summed E-state index contributed by atoms with van der Waals surface area (Å²) in [5, 5.41) is 7.37. The van der Waals surface area contributed by atoms with Gasteiger partial charge in [-0.05, 0) is 13.8 Å². The largest absolute Gasteiger partial charge is 0.297 e. The molecule has 0 aliphatic carbocycles. The number of aryl methyl sites for hydroxylation is 1. The third kappa shape index (κ3) is 2.60. The first-order chi connectivity index (χ1) is 6.13. The molecule has 0 radical (unpaired) electrons. The topological polar surface area (TPSA) is 29.9 Å². The van der Waals surface area contributed by atoms with Crippen LogP contribution < -0.4 is 5.32 Å². The first kappa shape index (κ1) is 9.82. The van der Waals surface area contributed by atoms with Crippen LogP contribution in [0, 0.1) is 12.3 Å². The molecule has 0 aromatic carbocycles. The number of rotatable bonds is 3. The van der Waals surface area contributed by atoms with E-state index in [0.29, 0.717) is 0 Å². The second-order valence-corrected chi connectivity index (χ2v) is 3.22. The van der Waals surface area contributed by atoms with E-state index in [2.05, 4.69) is 23.3 Å². The molecule has 13 heavy (non-hydrogen) atoms. The van der Waals surface area contributed by atoms with Crippen molar-refractivity contribution in [2.45, 2.75) is 25.9 Å². The van der Waals surface area contributed by atoms with Gasteiger partial charge in [0.05, 0.1) is 12.2 Å². The minimum atomic E-state index is 0.0928. The molecular weight excluding hydrogens is 162 g/mol. The standard InChI is InChI=1S/C10H15N3/c1-5-8(2)12-9(3)10-6-11-13(4)7-10/h1,6-9,12H,2-4H3. The Kier molecular flexibility index (Phi) is 3.10.